The van der Waals surface area contributed by atoms with Crippen molar-refractivity contribution >= 4 is 35.0 Å². The second kappa shape index (κ2) is 16.4. The number of H-pyrrole nitrogens is 2. The van der Waals surface area contributed by atoms with Gasteiger partial charge in [0.25, 0.3) is 0 Å². The summed E-state index contributed by atoms with van der Waals surface area (Å²) >= 11 is 0. The molecular weight excluding hydrogens is 688 g/mol. The summed E-state index contributed by atoms with van der Waals surface area (Å²) < 4.78 is 9.52. The van der Waals surface area contributed by atoms with Gasteiger partial charge in [0.05, 0.1) is 55.1 Å². The van der Waals surface area contributed by atoms with E-state index in [9.17, 15) is 19.2 Å². The van der Waals surface area contributed by atoms with Crippen LogP contribution in [0.4, 0.5) is 9.59 Å². The molecule has 2 saturated heterocycles. The SMILES string of the molecule is COC(=O)NC(C(=O)N1CCC[C@H]1c1nc2cc(C#Cc3ccc(-c4[nH]cnc4[C@@H]4CCCN4C(=O)C(NC(=O)OC)C(C)C)cc3)ccc2[nH]1)C(C)C. The van der Waals surface area contributed by atoms with E-state index >= 15 is 0 Å². The summed E-state index contributed by atoms with van der Waals surface area (Å²) in [6.45, 7) is 8.74. The highest BCUT2D eigenvalue weighted by atomic mass is 16.5. The smallest absolute Gasteiger partial charge is 0.407 e. The molecule has 2 unspecified atom stereocenters. The predicted octanol–water partition coefficient (Wildman–Crippen LogP) is 5.44. The van der Waals surface area contributed by atoms with Gasteiger partial charge in [-0.2, -0.15) is 0 Å². The van der Waals surface area contributed by atoms with E-state index in [1.165, 1.54) is 14.2 Å². The summed E-state index contributed by atoms with van der Waals surface area (Å²) in [5, 5.41) is 5.39. The second-order valence-corrected chi connectivity index (χ2v) is 14.4. The molecule has 0 bridgehead atoms. The van der Waals surface area contributed by atoms with Gasteiger partial charge in [-0.05, 0) is 73.4 Å². The Morgan fingerprint density at radius 2 is 1.35 bits per heavy atom. The van der Waals surface area contributed by atoms with Gasteiger partial charge in [-0.15, -0.1) is 0 Å². The summed E-state index contributed by atoms with van der Waals surface area (Å²) in [5.41, 5.74) is 5.78. The highest BCUT2D eigenvalue weighted by molar-refractivity contribution is 5.87. The fourth-order valence-electron chi connectivity index (χ4n) is 7.30. The fraction of sp³-hybridized carbons (Fsp3) is 0.450. The Labute approximate surface area is 314 Å². The number of aromatic amines is 2. The van der Waals surface area contributed by atoms with E-state index in [0.717, 1.165) is 64.8 Å². The maximum Gasteiger partial charge on any atom is 0.407 e. The zero-order valence-corrected chi connectivity index (χ0v) is 31.6. The summed E-state index contributed by atoms with van der Waals surface area (Å²) in [4.78, 5) is 70.9. The minimum atomic E-state index is -0.705. The first-order valence-corrected chi connectivity index (χ1v) is 18.4. The lowest BCUT2D eigenvalue weighted by Gasteiger charge is -2.30. The number of imidazole rings is 2. The average molecular weight is 737 g/mol. The van der Waals surface area contributed by atoms with E-state index in [0.29, 0.717) is 18.9 Å². The van der Waals surface area contributed by atoms with Crippen LogP contribution >= 0.6 is 0 Å². The highest BCUT2D eigenvalue weighted by Crippen LogP contribution is 2.37. The van der Waals surface area contributed by atoms with Crippen molar-refractivity contribution in [3.63, 3.8) is 0 Å². The monoisotopic (exact) mass is 736 g/mol. The molecule has 6 rings (SSSR count). The van der Waals surface area contributed by atoms with E-state index in [1.807, 2.05) is 75.1 Å². The Balaban J connectivity index is 1.15. The van der Waals surface area contributed by atoms with Gasteiger partial charge in [0.15, 0.2) is 0 Å². The number of nitrogens with zero attached hydrogens (tertiary/aromatic N) is 4. The number of carbonyl (C=O) groups excluding carboxylic acids is 4. The van der Waals surface area contributed by atoms with Crippen LogP contribution in [0.15, 0.2) is 48.8 Å². The lowest BCUT2D eigenvalue weighted by molar-refractivity contribution is -0.136. The number of carbonyl (C=O) groups is 4. The quantitative estimate of drug-likeness (QED) is 0.164. The lowest BCUT2D eigenvalue weighted by atomic mass is 10.00. The zero-order valence-electron chi connectivity index (χ0n) is 31.6. The molecule has 2 fully saturated rings. The Morgan fingerprint density at radius 1 is 0.796 bits per heavy atom. The van der Waals surface area contributed by atoms with Crippen molar-refractivity contribution in [2.45, 2.75) is 77.5 Å². The van der Waals surface area contributed by atoms with E-state index in [1.54, 1.807) is 11.2 Å². The third-order valence-corrected chi connectivity index (χ3v) is 10.2. The second-order valence-electron chi connectivity index (χ2n) is 14.4. The topological polar surface area (TPSA) is 175 Å². The number of methoxy groups -OCH3 is 2. The minimum Gasteiger partial charge on any atom is -0.453 e. The number of amides is 4. The molecule has 4 aromatic rings. The Hall–Kier alpha value is -5.84. The number of alkyl carbamates (subject to hydrolysis) is 2. The first kappa shape index (κ1) is 37.9. The number of ether oxygens (including phenoxy) is 2. The normalized spacial score (nSPS) is 18.0. The maximum atomic E-state index is 13.6. The van der Waals surface area contributed by atoms with Gasteiger partial charge >= 0.3 is 12.2 Å². The number of hydrogen-bond donors (Lipinski definition) is 4. The lowest BCUT2D eigenvalue weighted by Crippen LogP contribution is -2.51. The molecule has 284 valence electrons. The molecule has 2 aromatic heterocycles. The molecule has 54 heavy (non-hydrogen) atoms. The van der Waals surface area contributed by atoms with Crippen LogP contribution in [0.5, 0.6) is 0 Å². The molecule has 0 aliphatic carbocycles. The third kappa shape index (κ3) is 8.05. The van der Waals surface area contributed by atoms with Crippen LogP contribution in [-0.2, 0) is 19.1 Å². The number of fused-ring (bicyclic) bond motifs is 1. The standard InChI is InChI=1S/C40H48N8O6/c1-23(2)32(45-39(51)53-5)37(49)47-19-7-9-30(47)35-34(41-22-42-35)27-16-13-25(14-17-27)11-12-26-15-18-28-29(21-26)44-36(43-28)31-10-8-20-48(31)38(50)33(24(3)4)46-40(52)54-6/h13-18,21-24,30-33H,7-10,19-20H2,1-6H3,(H,41,42)(H,43,44)(H,45,51)(H,46,52)/t30-,31-,32?,33?/m0/s1. The molecule has 0 spiro atoms. The number of likely N-dealkylation sites (tertiary alicyclic amines) is 2. The molecule has 2 aliphatic heterocycles. The molecule has 4 atom stereocenters. The summed E-state index contributed by atoms with van der Waals surface area (Å²) in [7, 11) is 2.57. The Morgan fingerprint density at radius 3 is 1.94 bits per heavy atom. The van der Waals surface area contributed by atoms with Crippen LogP contribution in [0.3, 0.4) is 0 Å². The summed E-state index contributed by atoms with van der Waals surface area (Å²) in [6, 6.07) is 11.8. The van der Waals surface area contributed by atoms with Crippen molar-refractivity contribution in [2.24, 2.45) is 11.8 Å². The zero-order chi connectivity index (χ0) is 38.5. The van der Waals surface area contributed by atoms with Crippen LogP contribution in [0, 0.1) is 23.7 Å². The highest BCUT2D eigenvalue weighted by Gasteiger charge is 2.39. The predicted molar refractivity (Wildman–Crippen MR) is 202 cm³/mol. The molecule has 0 saturated carbocycles. The third-order valence-electron chi connectivity index (χ3n) is 10.2. The molecule has 0 radical (unpaired) electrons. The van der Waals surface area contributed by atoms with Crippen molar-refractivity contribution in [1.29, 1.82) is 0 Å². The molecule has 4 amide bonds. The number of rotatable bonds is 9. The first-order valence-electron chi connectivity index (χ1n) is 18.4. The summed E-state index contributed by atoms with van der Waals surface area (Å²) in [6.07, 6.45) is 3.58. The van der Waals surface area contributed by atoms with Crippen LogP contribution in [0.25, 0.3) is 22.3 Å². The largest absolute Gasteiger partial charge is 0.453 e. The van der Waals surface area contributed by atoms with Gasteiger partial charge in [-0.1, -0.05) is 51.7 Å². The van der Waals surface area contributed by atoms with E-state index in [-0.39, 0.29) is 35.7 Å². The van der Waals surface area contributed by atoms with Crippen LogP contribution in [-0.4, -0.2) is 93.1 Å². The van der Waals surface area contributed by atoms with Crippen molar-refractivity contribution in [3.05, 3.63) is 71.4 Å². The van der Waals surface area contributed by atoms with E-state index in [4.69, 9.17) is 14.5 Å². The number of aromatic nitrogens is 4. The molecule has 4 N–H and O–H groups in total. The molecule has 4 heterocycles. The van der Waals surface area contributed by atoms with Gasteiger partial charge in [-0.25, -0.2) is 19.6 Å². The Kier molecular flexibility index (Phi) is 11.5. The van der Waals surface area contributed by atoms with Gasteiger partial charge < -0.3 is 39.9 Å². The Bertz CT molecular complexity index is 2060. The van der Waals surface area contributed by atoms with Crippen molar-refractivity contribution in [2.75, 3.05) is 27.3 Å². The number of hydrogen-bond acceptors (Lipinski definition) is 8. The van der Waals surface area contributed by atoms with Crippen molar-refractivity contribution in [1.82, 2.24) is 40.4 Å². The maximum absolute atomic E-state index is 13.6. The molecule has 2 aliphatic rings. The van der Waals surface area contributed by atoms with Gasteiger partial charge in [0.1, 0.15) is 17.9 Å². The van der Waals surface area contributed by atoms with Gasteiger partial charge in [-0.3, -0.25) is 9.59 Å². The molecule has 14 nitrogen and oxygen atoms in total. The minimum absolute atomic E-state index is 0.115. The van der Waals surface area contributed by atoms with Crippen LogP contribution in [0.2, 0.25) is 0 Å². The average Bonchev–Trinajstić information content (AvgIpc) is 4.00. The number of nitrogens with one attached hydrogen (secondary N) is 4. The fourth-order valence-corrected chi connectivity index (χ4v) is 7.30. The molecule has 2 aromatic carbocycles. The van der Waals surface area contributed by atoms with Crippen molar-refractivity contribution in [3.8, 4) is 23.1 Å². The summed E-state index contributed by atoms with van der Waals surface area (Å²) in [5.74, 6) is 6.67. The van der Waals surface area contributed by atoms with Gasteiger partial charge in [0, 0.05) is 24.2 Å². The van der Waals surface area contributed by atoms with Crippen molar-refractivity contribution < 1.29 is 28.7 Å². The van der Waals surface area contributed by atoms with Gasteiger partial charge in [0.2, 0.25) is 11.8 Å². The van der Waals surface area contributed by atoms with E-state index < -0.39 is 24.3 Å². The van der Waals surface area contributed by atoms with Crippen LogP contribution < -0.4 is 10.6 Å². The molecule has 14 heteroatoms. The first-order chi connectivity index (χ1) is 26.0. The number of benzene rings is 2. The van der Waals surface area contributed by atoms with E-state index in [2.05, 4.69) is 37.4 Å². The molecular formula is C40H48N8O6. The van der Waals surface area contributed by atoms with Crippen LogP contribution in [0.1, 0.15) is 88.1 Å².